The minimum Gasteiger partial charge on any atom is -0.378 e. The zero-order valence-electron chi connectivity index (χ0n) is 14.9. The highest BCUT2D eigenvalue weighted by molar-refractivity contribution is 5.74. The average Bonchev–Trinajstić information content (AvgIpc) is 2.68. The van der Waals surface area contributed by atoms with Crippen molar-refractivity contribution in [1.29, 1.82) is 0 Å². The molecule has 2 N–H and O–H groups in total. The van der Waals surface area contributed by atoms with Crippen LogP contribution in [0.4, 0.5) is 14.9 Å². The SMILES string of the molecule is CC(NC(=O)NCc1ccccc1F)c1ccc(N2CCOCC2)cc1. The summed E-state index contributed by atoms with van der Waals surface area (Å²) in [4.78, 5) is 14.3. The fourth-order valence-electron chi connectivity index (χ4n) is 2.94. The lowest BCUT2D eigenvalue weighted by atomic mass is 10.1. The number of hydrogen-bond donors (Lipinski definition) is 2. The van der Waals surface area contributed by atoms with Crippen molar-refractivity contribution in [2.75, 3.05) is 31.2 Å². The Morgan fingerprint density at radius 2 is 1.85 bits per heavy atom. The van der Waals surface area contributed by atoms with Crippen LogP contribution in [-0.4, -0.2) is 32.3 Å². The second-order valence-corrected chi connectivity index (χ2v) is 6.33. The molecule has 5 nitrogen and oxygen atoms in total. The van der Waals surface area contributed by atoms with Crippen LogP contribution in [-0.2, 0) is 11.3 Å². The second kappa shape index (κ2) is 8.67. The standard InChI is InChI=1S/C20H24FN3O2/c1-15(23-20(25)22-14-17-4-2-3-5-19(17)21)16-6-8-18(9-7-16)24-10-12-26-13-11-24/h2-9,15H,10-14H2,1H3,(H2,22,23,25). The van der Waals surface area contributed by atoms with Crippen LogP contribution in [0.3, 0.4) is 0 Å². The number of rotatable bonds is 5. The molecule has 1 unspecified atom stereocenters. The van der Waals surface area contributed by atoms with E-state index in [1.807, 2.05) is 19.1 Å². The maximum Gasteiger partial charge on any atom is 0.315 e. The minimum absolute atomic E-state index is 0.144. The molecule has 0 radical (unpaired) electrons. The molecule has 0 aromatic heterocycles. The van der Waals surface area contributed by atoms with Crippen LogP contribution in [0.25, 0.3) is 0 Å². The van der Waals surface area contributed by atoms with Crippen LogP contribution in [0.1, 0.15) is 24.1 Å². The number of hydrogen-bond acceptors (Lipinski definition) is 3. The van der Waals surface area contributed by atoms with Crippen LogP contribution >= 0.6 is 0 Å². The molecule has 1 atom stereocenters. The maximum atomic E-state index is 13.6. The number of nitrogens with zero attached hydrogens (tertiary/aromatic N) is 1. The van der Waals surface area contributed by atoms with Gasteiger partial charge in [0.1, 0.15) is 5.82 Å². The number of anilines is 1. The third kappa shape index (κ3) is 4.73. The summed E-state index contributed by atoms with van der Waals surface area (Å²) in [5.41, 5.74) is 2.64. The summed E-state index contributed by atoms with van der Waals surface area (Å²) in [5.74, 6) is -0.320. The quantitative estimate of drug-likeness (QED) is 0.864. The smallest absolute Gasteiger partial charge is 0.315 e. The molecule has 2 aromatic rings. The Morgan fingerprint density at radius 3 is 2.54 bits per heavy atom. The molecular formula is C20H24FN3O2. The number of nitrogens with one attached hydrogen (secondary N) is 2. The minimum atomic E-state index is -0.321. The molecule has 3 rings (SSSR count). The van der Waals surface area contributed by atoms with Gasteiger partial charge < -0.3 is 20.3 Å². The van der Waals surface area contributed by atoms with Gasteiger partial charge in [-0.15, -0.1) is 0 Å². The van der Waals surface area contributed by atoms with Crippen molar-refractivity contribution in [2.24, 2.45) is 0 Å². The zero-order valence-corrected chi connectivity index (χ0v) is 14.9. The van der Waals surface area contributed by atoms with Crippen molar-refractivity contribution in [3.8, 4) is 0 Å². The lowest BCUT2D eigenvalue weighted by Crippen LogP contribution is -2.37. The summed E-state index contributed by atoms with van der Waals surface area (Å²) in [5, 5.41) is 5.57. The summed E-state index contributed by atoms with van der Waals surface area (Å²) in [6.45, 7) is 5.37. The van der Waals surface area contributed by atoms with Crippen molar-refractivity contribution < 1.29 is 13.9 Å². The van der Waals surface area contributed by atoms with Crippen molar-refractivity contribution >= 4 is 11.7 Å². The molecule has 1 aliphatic heterocycles. The highest BCUT2D eigenvalue weighted by Crippen LogP contribution is 2.20. The summed E-state index contributed by atoms with van der Waals surface area (Å²) < 4.78 is 18.9. The number of carbonyl (C=O) groups is 1. The van der Waals surface area contributed by atoms with Crippen molar-refractivity contribution in [2.45, 2.75) is 19.5 Å². The second-order valence-electron chi connectivity index (χ2n) is 6.33. The maximum absolute atomic E-state index is 13.6. The summed E-state index contributed by atoms with van der Waals surface area (Å²) in [6.07, 6.45) is 0. The highest BCUT2D eigenvalue weighted by Gasteiger charge is 2.13. The number of ether oxygens (including phenoxy) is 1. The molecule has 138 valence electrons. The Hall–Kier alpha value is -2.60. The van der Waals surface area contributed by atoms with Gasteiger partial charge in [0.15, 0.2) is 0 Å². The van der Waals surface area contributed by atoms with E-state index in [2.05, 4.69) is 27.7 Å². The third-order valence-corrected chi connectivity index (χ3v) is 4.51. The molecule has 1 aliphatic rings. The van der Waals surface area contributed by atoms with Gasteiger partial charge in [-0.05, 0) is 30.7 Å². The highest BCUT2D eigenvalue weighted by atomic mass is 19.1. The molecule has 1 fully saturated rings. The van der Waals surface area contributed by atoms with Gasteiger partial charge in [-0.2, -0.15) is 0 Å². The number of urea groups is 1. The Labute approximate surface area is 153 Å². The van der Waals surface area contributed by atoms with E-state index >= 15 is 0 Å². The van der Waals surface area contributed by atoms with Crippen molar-refractivity contribution in [1.82, 2.24) is 10.6 Å². The summed E-state index contributed by atoms with van der Waals surface area (Å²) in [6, 6.07) is 14.1. The number of carbonyl (C=O) groups excluding carboxylic acids is 1. The third-order valence-electron chi connectivity index (χ3n) is 4.51. The van der Waals surface area contributed by atoms with Crippen LogP contribution in [0.2, 0.25) is 0 Å². The Balaban J connectivity index is 1.51. The van der Waals surface area contributed by atoms with Gasteiger partial charge in [0.25, 0.3) is 0 Å². The molecule has 26 heavy (non-hydrogen) atoms. The molecular weight excluding hydrogens is 333 g/mol. The van der Waals surface area contributed by atoms with Gasteiger partial charge in [0.05, 0.1) is 19.3 Å². The van der Waals surface area contributed by atoms with Gasteiger partial charge in [-0.25, -0.2) is 9.18 Å². The van der Waals surface area contributed by atoms with E-state index in [0.29, 0.717) is 5.56 Å². The average molecular weight is 357 g/mol. The van der Waals surface area contributed by atoms with E-state index in [9.17, 15) is 9.18 Å². The van der Waals surface area contributed by atoms with E-state index in [-0.39, 0.29) is 24.4 Å². The zero-order chi connectivity index (χ0) is 18.4. The summed E-state index contributed by atoms with van der Waals surface area (Å²) in [7, 11) is 0. The first-order valence-electron chi connectivity index (χ1n) is 8.84. The van der Waals surface area contributed by atoms with Gasteiger partial charge in [-0.1, -0.05) is 30.3 Å². The molecule has 0 saturated carbocycles. The molecule has 2 amide bonds. The van der Waals surface area contributed by atoms with E-state index in [1.165, 1.54) is 6.07 Å². The lowest BCUT2D eigenvalue weighted by molar-refractivity contribution is 0.122. The van der Waals surface area contributed by atoms with Gasteiger partial charge in [0, 0.05) is 30.9 Å². The van der Waals surface area contributed by atoms with Gasteiger partial charge >= 0.3 is 6.03 Å². The Bertz CT molecular complexity index is 730. The van der Waals surface area contributed by atoms with E-state index < -0.39 is 0 Å². The van der Waals surface area contributed by atoms with Gasteiger partial charge in [0.2, 0.25) is 0 Å². The molecule has 6 heteroatoms. The number of benzene rings is 2. The summed E-state index contributed by atoms with van der Waals surface area (Å²) >= 11 is 0. The first-order chi connectivity index (χ1) is 12.6. The molecule has 1 heterocycles. The monoisotopic (exact) mass is 357 g/mol. The Morgan fingerprint density at radius 1 is 1.15 bits per heavy atom. The van der Waals surface area contributed by atoms with Gasteiger partial charge in [-0.3, -0.25) is 0 Å². The van der Waals surface area contributed by atoms with Crippen LogP contribution in [0.15, 0.2) is 48.5 Å². The number of morpholine rings is 1. The van der Waals surface area contributed by atoms with E-state index in [1.54, 1.807) is 18.2 Å². The normalized spacial score (nSPS) is 15.4. The molecule has 1 saturated heterocycles. The number of halogens is 1. The first kappa shape index (κ1) is 18.2. The van der Waals surface area contributed by atoms with E-state index in [0.717, 1.165) is 37.6 Å². The van der Waals surface area contributed by atoms with E-state index in [4.69, 9.17) is 4.74 Å². The predicted molar refractivity (Wildman–Crippen MR) is 99.7 cm³/mol. The topological polar surface area (TPSA) is 53.6 Å². The van der Waals surface area contributed by atoms with Crippen molar-refractivity contribution in [3.63, 3.8) is 0 Å². The largest absolute Gasteiger partial charge is 0.378 e. The number of amides is 2. The predicted octanol–water partition coefficient (Wildman–Crippen LogP) is 3.22. The van der Waals surface area contributed by atoms with Crippen LogP contribution in [0.5, 0.6) is 0 Å². The molecule has 0 bridgehead atoms. The fraction of sp³-hybridized carbons (Fsp3) is 0.350. The Kier molecular flexibility index (Phi) is 6.07. The fourth-order valence-corrected chi connectivity index (χ4v) is 2.94. The van der Waals surface area contributed by atoms with Crippen LogP contribution in [0, 0.1) is 5.82 Å². The van der Waals surface area contributed by atoms with Crippen LogP contribution < -0.4 is 15.5 Å². The molecule has 2 aromatic carbocycles. The first-order valence-corrected chi connectivity index (χ1v) is 8.84. The lowest BCUT2D eigenvalue weighted by Gasteiger charge is -2.29. The van der Waals surface area contributed by atoms with Crippen molar-refractivity contribution in [3.05, 3.63) is 65.5 Å². The molecule has 0 spiro atoms. The molecule has 0 aliphatic carbocycles.